The first-order valence-corrected chi connectivity index (χ1v) is 11.5. The van der Waals surface area contributed by atoms with Gasteiger partial charge in [-0.15, -0.1) is 0 Å². The molecule has 0 bridgehead atoms. The monoisotopic (exact) mass is 370 g/mol. The average Bonchev–Trinajstić information content (AvgIpc) is 2.74. The van der Waals surface area contributed by atoms with E-state index in [2.05, 4.69) is 28.0 Å². The molecule has 3 nitrogen and oxygen atoms in total. The van der Waals surface area contributed by atoms with E-state index in [0.29, 0.717) is 0 Å². The summed E-state index contributed by atoms with van der Waals surface area (Å²) in [6.45, 7) is 6.45. The molecule has 0 spiro atoms. The van der Waals surface area contributed by atoms with Gasteiger partial charge in [0.05, 0.1) is 7.11 Å². The van der Waals surface area contributed by atoms with E-state index >= 15 is 0 Å². The van der Waals surface area contributed by atoms with E-state index in [9.17, 15) is 0 Å². The van der Waals surface area contributed by atoms with E-state index in [-0.39, 0.29) is 0 Å². The Hall–Kier alpha value is -1.06. The number of methoxy groups -OCH3 is 1. The molecule has 0 amide bonds. The zero-order valence-electron chi connectivity index (χ0n) is 17.3. The molecule has 1 aromatic rings. The van der Waals surface area contributed by atoms with Crippen molar-refractivity contribution < 1.29 is 4.74 Å². The van der Waals surface area contributed by atoms with Crippen LogP contribution in [0.5, 0.6) is 5.75 Å². The minimum Gasteiger partial charge on any atom is -0.497 e. The Balaban J connectivity index is 1.22. The third-order valence-corrected chi connectivity index (χ3v) is 7.32. The fourth-order valence-electron chi connectivity index (χ4n) is 5.66. The lowest BCUT2D eigenvalue weighted by Gasteiger charge is -2.41. The van der Waals surface area contributed by atoms with Crippen LogP contribution < -0.4 is 4.74 Å². The number of hydrogen-bond donors (Lipinski definition) is 0. The number of piperazine rings is 1. The minimum absolute atomic E-state index is 0.743. The van der Waals surface area contributed by atoms with Crippen molar-refractivity contribution in [3.8, 4) is 5.75 Å². The fraction of sp³-hybridized carbons (Fsp3) is 0.750. The van der Waals surface area contributed by atoms with Gasteiger partial charge in [-0.25, -0.2) is 0 Å². The molecule has 0 N–H and O–H groups in total. The molecule has 4 rings (SSSR count). The lowest BCUT2D eigenvalue weighted by Crippen LogP contribution is -2.50. The number of nitrogens with zero attached hydrogens (tertiary/aromatic N) is 2. The van der Waals surface area contributed by atoms with Gasteiger partial charge >= 0.3 is 0 Å². The smallest absolute Gasteiger partial charge is 0.119 e. The number of rotatable bonds is 6. The Morgan fingerprint density at radius 3 is 2.56 bits per heavy atom. The molecule has 1 heterocycles. The third-order valence-electron chi connectivity index (χ3n) is 7.32. The number of ether oxygens (including phenoxy) is 1. The molecule has 2 aliphatic carbocycles. The highest BCUT2D eigenvalue weighted by atomic mass is 16.5. The van der Waals surface area contributed by atoms with Gasteiger partial charge in [0.15, 0.2) is 0 Å². The molecule has 27 heavy (non-hydrogen) atoms. The van der Waals surface area contributed by atoms with Crippen LogP contribution in [-0.4, -0.2) is 55.7 Å². The molecule has 2 fully saturated rings. The summed E-state index contributed by atoms with van der Waals surface area (Å²) in [5, 5.41) is 0. The number of fused-ring (bicyclic) bond motifs is 1. The summed E-state index contributed by atoms with van der Waals surface area (Å²) < 4.78 is 5.48. The SMILES string of the molecule is COc1ccc2c(c1)C(CCCN1CCN(C3CCCCC3)CC1)CCC2. The maximum atomic E-state index is 5.48. The van der Waals surface area contributed by atoms with Gasteiger partial charge in [-0.2, -0.15) is 0 Å². The highest BCUT2D eigenvalue weighted by molar-refractivity contribution is 5.39. The van der Waals surface area contributed by atoms with Crippen LogP contribution in [0.25, 0.3) is 0 Å². The molecule has 0 aromatic heterocycles. The molecule has 0 radical (unpaired) electrons. The van der Waals surface area contributed by atoms with Crippen LogP contribution in [0.4, 0.5) is 0 Å². The van der Waals surface area contributed by atoms with Crippen molar-refractivity contribution in [2.75, 3.05) is 39.8 Å². The predicted molar refractivity (Wildman–Crippen MR) is 113 cm³/mol. The summed E-state index contributed by atoms with van der Waals surface area (Å²) >= 11 is 0. The van der Waals surface area contributed by atoms with Crippen molar-refractivity contribution in [2.24, 2.45) is 0 Å². The first kappa shape index (κ1) is 19.3. The van der Waals surface area contributed by atoms with Crippen molar-refractivity contribution >= 4 is 0 Å². The van der Waals surface area contributed by atoms with Crippen molar-refractivity contribution in [3.63, 3.8) is 0 Å². The molecule has 1 saturated heterocycles. The molecular weight excluding hydrogens is 332 g/mol. The van der Waals surface area contributed by atoms with Crippen LogP contribution in [0, 0.1) is 0 Å². The molecule has 3 aliphatic rings. The van der Waals surface area contributed by atoms with Crippen LogP contribution in [0.1, 0.15) is 74.8 Å². The Morgan fingerprint density at radius 2 is 1.78 bits per heavy atom. The highest BCUT2D eigenvalue weighted by Crippen LogP contribution is 2.36. The molecule has 1 unspecified atom stereocenters. The topological polar surface area (TPSA) is 15.7 Å². The van der Waals surface area contributed by atoms with Crippen molar-refractivity contribution in [3.05, 3.63) is 29.3 Å². The summed E-state index contributed by atoms with van der Waals surface area (Å²) in [6.07, 6.45) is 13.9. The van der Waals surface area contributed by atoms with Crippen LogP contribution in [0.3, 0.4) is 0 Å². The Bertz CT molecular complexity index is 588. The summed E-state index contributed by atoms with van der Waals surface area (Å²) in [4.78, 5) is 5.51. The summed E-state index contributed by atoms with van der Waals surface area (Å²) in [5.41, 5.74) is 3.14. The maximum absolute atomic E-state index is 5.48. The third kappa shape index (κ3) is 4.86. The number of benzene rings is 1. The van der Waals surface area contributed by atoms with E-state index in [0.717, 1.165) is 17.7 Å². The molecule has 1 atom stereocenters. The zero-order chi connectivity index (χ0) is 18.5. The Kier molecular flexibility index (Phi) is 6.73. The van der Waals surface area contributed by atoms with Gasteiger partial charge in [-0.05, 0) is 80.7 Å². The van der Waals surface area contributed by atoms with Gasteiger partial charge in [0.2, 0.25) is 0 Å². The zero-order valence-corrected chi connectivity index (χ0v) is 17.3. The van der Waals surface area contributed by atoms with Crippen LogP contribution in [0.15, 0.2) is 18.2 Å². The van der Waals surface area contributed by atoms with E-state index < -0.39 is 0 Å². The number of aryl methyl sites for hydroxylation is 1. The van der Waals surface area contributed by atoms with Crippen LogP contribution in [0.2, 0.25) is 0 Å². The van der Waals surface area contributed by atoms with Gasteiger partial charge in [0, 0.05) is 32.2 Å². The summed E-state index contributed by atoms with van der Waals surface area (Å²) in [5.74, 6) is 1.77. The largest absolute Gasteiger partial charge is 0.497 e. The molecule has 1 saturated carbocycles. The quantitative estimate of drug-likeness (QED) is 0.712. The lowest BCUT2D eigenvalue weighted by atomic mass is 9.80. The highest BCUT2D eigenvalue weighted by Gasteiger charge is 2.25. The standard InChI is InChI=1S/C24H38N2O/c1-27-23-13-12-21-8-5-7-20(24(21)19-23)9-6-14-25-15-17-26(18-16-25)22-10-3-2-4-11-22/h12-13,19-20,22H,2-11,14-18H2,1H3. The molecular formula is C24H38N2O. The van der Waals surface area contributed by atoms with Gasteiger partial charge in [-0.1, -0.05) is 25.3 Å². The van der Waals surface area contributed by atoms with Gasteiger partial charge in [0.25, 0.3) is 0 Å². The average molecular weight is 371 g/mol. The summed E-state index contributed by atoms with van der Waals surface area (Å²) in [7, 11) is 1.78. The van der Waals surface area contributed by atoms with Crippen molar-refractivity contribution in [1.29, 1.82) is 0 Å². The van der Waals surface area contributed by atoms with Crippen molar-refractivity contribution in [1.82, 2.24) is 9.80 Å². The fourth-order valence-corrected chi connectivity index (χ4v) is 5.66. The van der Waals surface area contributed by atoms with Gasteiger partial charge in [-0.3, -0.25) is 4.90 Å². The Morgan fingerprint density at radius 1 is 0.963 bits per heavy atom. The predicted octanol–water partition coefficient (Wildman–Crippen LogP) is 4.85. The van der Waals surface area contributed by atoms with E-state index in [1.54, 1.807) is 18.2 Å². The normalized spacial score (nSPS) is 25.3. The molecule has 1 aromatic carbocycles. The molecule has 150 valence electrons. The Labute approximate surface area is 166 Å². The summed E-state index contributed by atoms with van der Waals surface area (Å²) in [6, 6.07) is 7.63. The number of hydrogen-bond acceptors (Lipinski definition) is 3. The lowest BCUT2D eigenvalue weighted by molar-refractivity contribution is 0.0779. The van der Waals surface area contributed by atoms with E-state index in [4.69, 9.17) is 4.74 Å². The molecule has 3 heteroatoms. The van der Waals surface area contributed by atoms with Gasteiger partial charge in [0.1, 0.15) is 5.75 Å². The molecule has 1 aliphatic heterocycles. The van der Waals surface area contributed by atoms with E-state index in [1.165, 1.54) is 96.9 Å². The minimum atomic E-state index is 0.743. The second-order valence-corrected chi connectivity index (χ2v) is 8.97. The van der Waals surface area contributed by atoms with Crippen molar-refractivity contribution in [2.45, 2.75) is 76.2 Å². The first-order valence-electron chi connectivity index (χ1n) is 11.5. The maximum Gasteiger partial charge on any atom is 0.119 e. The van der Waals surface area contributed by atoms with E-state index in [1.807, 2.05) is 0 Å². The van der Waals surface area contributed by atoms with Gasteiger partial charge < -0.3 is 9.64 Å². The first-order chi connectivity index (χ1) is 13.3. The second-order valence-electron chi connectivity index (χ2n) is 8.97. The van der Waals surface area contributed by atoms with Crippen LogP contribution in [-0.2, 0) is 6.42 Å². The second kappa shape index (κ2) is 9.43. The van der Waals surface area contributed by atoms with Crippen LogP contribution >= 0.6 is 0 Å².